The van der Waals surface area contributed by atoms with Crippen LogP contribution in [0, 0.1) is 18.3 Å². The van der Waals surface area contributed by atoms with Gasteiger partial charge in [0.2, 0.25) is 0 Å². The fraction of sp³-hybridized carbons (Fsp3) is 0.667. The van der Waals surface area contributed by atoms with E-state index in [1.165, 1.54) is 0 Å². The second-order valence-electron chi connectivity index (χ2n) is 4.00. The maximum absolute atomic E-state index is 11.3. The van der Waals surface area contributed by atoms with Crippen LogP contribution in [0.15, 0.2) is 0 Å². The van der Waals surface area contributed by atoms with Gasteiger partial charge in [-0.15, -0.1) is 12.3 Å². The summed E-state index contributed by atoms with van der Waals surface area (Å²) in [5.74, 6) is 1.61. The molecule has 1 unspecified atom stereocenters. The summed E-state index contributed by atoms with van der Waals surface area (Å²) in [6.45, 7) is 2.73. The van der Waals surface area contributed by atoms with E-state index in [0.29, 0.717) is 13.1 Å². The smallest absolute Gasteiger partial charge is 0.314 e. The van der Waals surface area contributed by atoms with E-state index < -0.39 is 5.97 Å². The second-order valence-corrected chi connectivity index (χ2v) is 4.00. The average Bonchev–Trinajstić information content (AvgIpc) is 2.25. The molecule has 0 rings (SSSR count). The van der Waals surface area contributed by atoms with Crippen LogP contribution in [0.25, 0.3) is 0 Å². The van der Waals surface area contributed by atoms with Gasteiger partial charge in [-0.05, 0) is 18.8 Å². The molecule has 0 fully saturated rings. The number of hydrogen-bond donors (Lipinski definition) is 3. The standard InChI is InChI=1S/C12H20N2O3/c1-3-4-5-6-7-13-12(17)14-9-10(2)8-11(15)16/h1,10H,4-9H2,2H3,(H,15,16)(H2,13,14,17). The van der Waals surface area contributed by atoms with Crippen LogP contribution in [-0.2, 0) is 4.79 Å². The topological polar surface area (TPSA) is 78.4 Å². The molecule has 0 radical (unpaired) electrons. The van der Waals surface area contributed by atoms with E-state index in [1.54, 1.807) is 6.92 Å². The van der Waals surface area contributed by atoms with E-state index in [9.17, 15) is 9.59 Å². The van der Waals surface area contributed by atoms with Crippen molar-refractivity contribution in [3.05, 3.63) is 0 Å². The fourth-order valence-electron chi connectivity index (χ4n) is 1.25. The van der Waals surface area contributed by atoms with Crippen molar-refractivity contribution < 1.29 is 14.7 Å². The van der Waals surface area contributed by atoms with Gasteiger partial charge >= 0.3 is 12.0 Å². The molecule has 1 atom stereocenters. The molecular formula is C12H20N2O3. The molecule has 0 aliphatic rings. The van der Waals surface area contributed by atoms with Gasteiger partial charge in [-0.2, -0.15) is 0 Å². The third kappa shape index (κ3) is 10.6. The summed E-state index contributed by atoms with van der Waals surface area (Å²) < 4.78 is 0. The first-order valence-electron chi connectivity index (χ1n) is 5.73. The van der Waals surface area contributed by atoms with Crippen LogP contribution in [0.3, 0.4) is 0 Å². The lowest BCUT2D eigenvalue weighted by Gasteiger charge is -2.11. The molecule has 96 valence electrons. The van der Waals surface area contributed by atoms with Crippen molar-refractivity contribution in [1.82, 2.24) is 10.6 Å². The number of rotatable bonds is 8. The predicted molar refractivity (Wildman–Crippen MR) is 65.5 cm³/mol. The lowest BCUT2D eigenvalue weighted by molar-refractivity contribution is -0.137. The zero-order valence-corrected chi connectivity index (χ0v) is 10.2. The molecule has 5 nitrogen and oxygen atoms in total. The number of carboxylic acids is 1. The van der Waals surface area contributed by atoms with Gasteiger partial charge in [0.15, 0.2) is 0 Å². The number of amides is 2. The average molecular weight is 240 g/mol. The van der Waals surface area contributed by atoms with Gasteiger partial charge in [0.25, 0.3) is 0 Å². The van der Waals surface area contributed by atoms with E-state index in [4.69, 9.17) is 11.5 Å². The van der Waals surface area contributed by atoms with Gasteiger partial charge in [-0.25, -0.2) is 4.79 Å². The van der Waals surface area contributed by atoms with Crippen molar-refractivity contribution in [2.45, 2.75) is 32.6 Å². The molecular weight excluding hydrogens is 220 g/mol. The molecule has 0 bridgehead atoms. The number of aliphatic carboxylic acids is 1. The minimum atomic E-state index is -0.853. The third-order valence-corrected chi connectivity index (χ3v) is 2.17. The number of carboxylic acid groups (broad SMARTS) is 1. The van der Waals surface area contributed by atoms with E-state index in [-0.39, 0.29) is 18.4 Å². The lowest BCUT2D eigenvalue weighted by atomic mass is 10.1. The Balaban J connectivity index is 3.46. The Morgan fingerprint density at radius 3 is 2.65 bits per heavy atom. The van der Waals surface area contributed by atoms with Gasteiger partial charge in [-0.1, -0.05) is 6.92 Å². The summed E-state index contributed by atoms with van der Waals surface area (Å²) in [4.78, 5) is 21.6. The Bertz CT molecular complexity index is 284. The normalized spacial score (nSPS) is 11.3. The molecule has 0 aliphatic heterocycles. The van der Waals surface area contributed by atoms with E-state index in [1.807, 2.05) is 0 Å². The summed E-state index contributed by atoms with van der Waals surface area (Å²) in [6, 6.07) is -0.261. The summed E-state index contributed by atoms with van der Waals surface area (Å²) in [5, 5.41) is 13.8. The minimum absolute atomic E-state index is 0.0580. The van der Waals surface area contributed by atoms with Crippen LogP contribution in [0.4, 0.5) is 4.79 Å². The molecule has 0 saturated carbocycles. The van der Waals surface area contributed by atoms with Crippen molar-refractivity contribution in [3.8, 4) is 12.3 Å². The number of terminal acetylenes is 1. The highest BCUT2D eigenvalue weighted by Crippen LogP contribution is 1.98. The van der Waals surface area contributed by atoms with E-state index in [0.717, 1.165) is 19.3 Å². The molecule has 2 amide bonds. The van der Waals surface area contributed by atoms with Crippen molar-refractivity contribution >= 4 is 12.0 Å². The summed E-state index contributed by atoms with van der Waals surface area (Å²) in [7, 11) is 0. The van der Waals surface area contributed by atoms with Crippen LogP contribution < -0.4 is 10.6 Å². The van der Waals surface area contributed by atoms with Gasteiger partial charge in [0.05, 0.1) is 0 Å². The van der Waals surface area contributed by atoms with Gasteiger partial charge < -0.3 is 15.7 Å². The minimum Gasteiger partial charge on any atom is -0.481 e. The molecule has 0 spiro atoms. The third-order valence-electron chi connectivity index (χ3n) is 2.17. The van der Waals surface area contributed by atoms with Crippen molar-refractivity contribution in [1.29, 1.82) is 0 Å². The summed E-state index contributed by atoms with van der Waals surface area (Å²) in [5.41, 5.74) is 0. The molecule has 0 aromatic heterocycles. The number of carbonyl (C=O) groups is 2. The summed E-state index contributed by atoms with van der Waals surface area (Å²) >= 11 is 0. The Kier molecular flexibility index (Phi) is 8.57. The lowest BCUT2D eigenvalue weighted by Crippen LogP contribution is -2.38. The monoisotopic (exact) mass is 240 g/mol. The molecule has 17 heavy (non-hydrogen) atoms. The highest BCUT2D eigenvalue weighted by molar-refractivity contribution is 5.73. The van der Waals surface area contributed by atoms with Gasteiger partial charge in [0, 0.05) is 25.9 Å². The number of urea groups is 1. The largest absolute Gasteiger partial charge is 0.481 e. The molecule has 0 heterocycles. The zero-order chi connectivity index (χ0) is 13.1. The van der Waals surface area contributed by atoms with E-state index >= 15 is 0 Å². The van der Waals surface area contributed by atoms with Gasteiger partial charge in [-0.3, -0.25) is 4.79 Å². The Morgan fingerprint density at radius 2 is 2.06 bits per heavy atom. The fourth-order valence-corrected chi connectivity index (χ4v) is 1.25. The maximum Gasteiger partial charge on any atom is 0.314 e. The van der Waals surface area contributed by atoms with Crippen LogP contribution in [0.5, 0.6) is 0 Å². The predicted octanol–water partition coefficient (Wildman–Crippen LogP) is 1.20. The first-order chi connectivity index (χ1) is 8.06. The molecule has 3 N–H and O–H groups in total. The number of unbranched alkanes of at least 4 members (excludes halogenated alkanes) is 2. The van der Waals surface area contributed by atoms with Gasteiger partial charge in [0.1, 0.15) is 0 Å². The number of hydrogen-bond acceptors (Lipinski definition) is 2. The first kappa shape index (κ1) is 15.3. The van der Waals surface area contributed by atoms with Crippen LogP contribution in [0.1, 0.15) is 32.6 Å². The Labute approximate surface area is 102 Å². The van der Waals surface area contributed by atoms with Crippen LogP contribution >= 0.6 is 0 Å². The molecule has 0 saturated heterocycles. The second kappa shape index (κ2) is 9.52. The van der Waals surface area contributed by atoms with Crippen LogP contribution in [0.2, 0.25) is 0 Å². The number of carbonyl (C=O) groups excluding carboxylic acids is 1. The van der Waals surface area contributed by atoms with E-state index in [2.05, 4.69) is 16.6 Å². The molecule has 5 heteroatoms. The highest BCUT2D eigenvalue weighted by Gasteiger charge is 2.08. The summed E-state index contributed by atoms with van der Waals surface area (Å²) in [6.07, 6.45) is 7.62. The Hall–Kier alpha value is -1.70. The van der Waals surface area contributed by atoms with Crippen molar-refractivity contribution in [3.63, 3.8) is 0 Å². The molecule has 0 aromatic carbocycles. The quantitative estimate of drug-likeness (QED) is 0.440. The molecule has 0 aromatic rings. The number of nitrogens with one attached hydrogen (secondary N) is 2. The highest BCUT2D eigenvalue weighted by atomic mass is 16.4. The molecule has 0 aliphatic carbocycles. The first-order valence-corrected chi connectivity index (χ1v) is 5.73. The maximum atomic E-state index is 11.3. The van der Waals surface area contributed by atoms with Crippen LogP contribution in [-0.4, -0.2) is 30.2 Å². The van der Waals surface area contributed by atoms with Crippen molar-refractivity contribution in [2.75, 3.05) is 13.1 Å². The van der Waals surface area contributed by atoms with Crippen molar-refractivity contribution in [2.24, 2.45) is 5.92 Å². The Morgan fingerprint density at radius 1 is 1.35 bits per heavy atom. The zero-order valence-electron chi connectivity index (χ0n) is 10.2. The SMILES string of the molecule is C#CCCCCNC(=O)NCC(C)CC(=O)O.